The van der Waals surface area contributed by atoms with E-state index >= 15 is 0 Å². The Labute approximate surface area is 99.8 Å². The van der Waals surface area contributed by atoms with Gasteiger partial charge in [0, 0.05) is 9.13 Å². The highest BCUT2D eigenvalue weighted by Crippen LogP contribution is 2.25. The second-order valence-electron chi connectivity index (χ2n) is 3.04. The number of carbonyl (C=O) groups is 1. The highest BCUT2D eigenvalue weighted by atomic mass is 127. The zero-order valence-corrected chi connectivity index (χ0v) is 10.3. The fourth-order valence-corrected chi connectivity index (χ4v) is 1.85. The number of aryl methyl sites for hydroxylation is 1. The smallest absolute Gasteiger partial charge is 0.387 e. The molecule has 0 amide bonds. The van der Waals surface area contributed by atoms with Crippen molar-refractivity contribution in [1.29, 1.82) is 0 Å². The van der Waals surface area contributed by atoms with Crippen LogP contribution in [-0.4, -0.2) is 12.4 Å². The first kappa shape index (κ1) is 12.4. The van der Waals surface area contributed by atoms with Gasteiger partial charge in [0.25, 0.3) is 0 Å². The van der Waals surface area contributed by atoms with Crippen molar-refractivity contribution in [1.82, 2.24) is 0 Å². The lowest BCUT2D eigenvalue weighted by molar-refractivity contribution is -0.0499. The first-order valence-corrected chi connectivity index (χ1v) is 5.25. The van der Waals surface area contributed by atoms with E-state index in [1.54, 1.807) is 6.92 Å². The summed E-state index contributed by atoms with van der Waals surface area (Å²) in [4.78, 5) is 11.2. The molecule has 15 heavy (non-hydrogen) atoms. The van der Waals surface area contributed by atoms with Gasteiger partial charge < -0.3 is 4.74 Å². The lowest BCUT2D eigenvalue weighted by Gasteiger charge is -2.09. The molecular formula is C10H9F2IO2. The third-order valence-electron chi connectivity index (χ3n) is 1.83. The molecule has 1 rings (SSSR count). The quantitative estimate of drug-likeness (QED) is 0.629. The molecule has 0 aliphatic heterocycles. The summed E-state index contributed by atoms with van der Waals surface area (Å²) in [5.74, 6) is -0.143. The Morgan fingerprint density at radius 3 is 2.53 bits per heavy atom. The molecule has 0 aromatic heterocycles. The Balaban J connectivity index is 3.17. The summed E-state index contributed by atoms with van der Waals surface area (Å²) < 4.78 is 29.0. The van der Waals surface area contributed by atoms with E-state index in [9.17, 15) is 13.6 Å². The largest absolute Gasteiger partial charge is 0.435 e. The van der Waals surface area contributed by atoms with Gasteiger partial charge in [-0.05, 0) is 54.1 Å². The van der Waals surface area contributed by atoms with Crippen molar-refractivity contribution in [2.45, 2.75) is 20.5 Å². The number of rotatable bonds is 3. The van der Waals surface area contributed by atoms with Gasteiger partial charge in [0.1, 0.15) is 5.75 Å². The molecule has 1 aromatic carbocycles. The molecule has 0 radical (unpaired) electrons. The van der Waals surface area contributed by atoms with Crippen LogP contribution in [0.3, 0.4) is 0 Å². The van der Waals surface area contributed by atoms with Gasteiger partial charge in [-0.25, -0.2) is 0 Å². The van der Waals surface area contributed by atoms with Crippen LogP contribution in [0, 0.1) is 10.5 Å². The van der Waals surface area contributed by atoms with Crippen molar-refractivity contribution in [2.75, 3.05) is 0 Å². The second-order valence-corrected chi connectivity index (χ2v) is 4.12. The summed E-state index contributed by atoms with van der Waals surface area (Å²) in [7, 11) is 0. The predicted molar refractivity (Wildman–Crippen MR) is 60.5 cm³/mol. The van der Waals surface area contributed by atoms with Crippen LogP contribution in [-0.2, 0) is 0 Å². The number of hydrogen-bond donors (Lipinski definition) is 0. The Bertz CT molecular complexity index is 391. The van der Waals surface area contributed by atoms with Crippen LogP contribution < -0.4 is 4.74 Å². The molecule has 0 aliphatic carbocycles. The summed E-state index contributed by atoms with van der Waals surface area (Å²) >= 11 is 2.01. The highest BCUT2D eigenvalue weighted by molar-refractivity contribution is 14.1. The van der Waals surface area contributed by atoms with Gasteiger partial charge in [-0.3, -0.25) is 4.79 Å². The average molecular weight is 326 g/mol. The second kappa shape index (κ2) is 4.87. The van der Waals surface area contributed by atoms with Gasteiger partial charge >= 0.3 is 6.61 Å². The van der Waals surface area contributed by atoms with Crippen LogP contribution in [0.25, 0.3) is 0 Å². The van der Waals surface area contributed by atoms with E-state index < -0.39 is 6.61 Å². The highest BCUT2D eigenvalue weighted by Gasteiger charge is 2.12. The molecule has 0 fully saturated rings. The Kier molecular flexibility index (Phi) is 4.01. The zero-order chi connectivity index (χ0) is 11.6. The summed E-state index contributed by atoms with van der Waals surface area (Å²) in [6.45, 7) is 0.264. The van der Waals surface area contributed by atoms with Crippen molar-refractivity contribution in [3.05, 3.63) is 26.8 Å². The maximum absolute atomic E-state index is 12.0. The average Bonchev–Trinajstić information content (AvgIpc) is 2.09. The van der Waals surface area contributed by atoms with E-state index in [0.717, 1.165) is 9.13 Å². The molecule has 0 atom stereocenters. The molecular weight excluding hydrogens is 317 g/mol. The summed E-state index contributed by atoms with van der Waals surface area (Å²) in [6.07, 6.45) is 0. The topological polar surface area (TPSA) is 26.3 Å². The number of halogens is 3. The van der Waals surface area contributed by atoms with Crippen LogP contribution in [0.2, 0.25) is 0 Å². The maximum atomic E-state index is 12.0. The molecule has 0 saturated carbocycles. The van der Waals surface area contributed by atoms with Crippen LogP contribution in [0.4, 0.5) is 8.78 Å². The van der Waals surface area contributed by atoms with E-state index in [4.69, 9.17) is 0 Å². The first-order chi connectivity index (χ1) is 6.91. The van der Waals surface area contributed by atoms with E-state index in [0.29, 0.717) is 5.56 Å². The number of alkyl halides is 2. The minimum absolute atomic E-state index is 0.0214. The number of Topliss-reactive ketones (excluding diaryl/α,β-unsaturated/α-hetero) is 1. The molecule has 0 bridgehead atoms. The van der Waals surface area contributed by atoms with Crippen molar-refractivity contribution in [3.8, 4) is 5.75 Å². The van der Waals surface area contributed by atoms with Crippen LogP contribution in [0.15, 0.2) is 12.1 Å². The summed E-state index contributed by atoms with van der Waals surface area (Å²) in [5, 5.41) is 0. The lowest BCUT2D eigenvalue weighted by atomic mass is 10.1. The molecule has 0 N–H and O–H groups in total. The molecule has 0 heterocycles. The third kappa shape index (κ3) is 3.12. The van der Waals surface area contributed by atoms with Gasteiger partial charge in [0.05, 0.1) is 0 Å². The predicted octanol–water partition coefficient (Wildman–Crippen LogP) is 3.40. The normalized spacial score (nSPS) is 10.5. The van der Waals surface area contributed by atoms with Crippen LogP contribution in [0.5, 0.6) is 5.75 Å². The van der Waals surface area contributed by atoms with E-state index in [1.807, 2.05) is 22.6 Å². The summed E-state index contributed by atoms with van der Waals surface area (Å²) in [6, 6.07) is 2.82. The number of carbonyl (C=O) groups excluding carboxylic acids is 1. The fraction of sp³-hybridized carbons (Fsp3) is 0.300. The molecule has 0 aliphatic rings. The van der Waals surface area contributed by atoms with Crippen LogP contribution in [0.1, 0.15) is 22.8 Å². The molecule has 1 aromatic rings. The molecule has 2 nitrogen and oxygen atoms in total. The summed E-state index contributed by atoms with van der Waals surface area (Å²) in [5.41, 5.74) is 1.16. The van der Waals surface area contributed by atoms with Crippen LogP contribution >= 0.6 is 22.6 Å². The number of ketones is 1. The third-order valence-corrected chi connectivity index (χ3v) is 3.26. The molecule has 82 valence electrons. The standard InChI is InChI=1S/C10H9F2IO2/c1-5-3-7(15-10(11)12)4-8(6(2)14)9(5)13/h3-4,10H,1-2H3. The maximum Gasteiger partial charge on any atom is 0.387 e. The SMILES string of the molecule is CC(=O)c1cc(OC(F)F)cc(C)c1I. The molecule has 5 heteroatoms. The monoisotopic (exact) mass is 326 g/mol. The van der Waals surface area contributed by atoms with Crippen molar-refractivity contribution < 1.29 is 18.3 Å². The van der Waals surface area contributed by atoms with Crippen molar-refractivity contribution in [3.63, 3.8) is 0 Å². The van der Waals surface area contributed by atoms with Gasteiger partial charge in [-0.1, -0.05) is 0 Å². The lowest BCUT2D eigenvalue weighted by Crippen LogP contribution is -2.05. The molecule has 0 unspecified atom stereocenters. The van der Waals surface area contributed by atoms with Gasteiger partial charge in [-0.2, -0.15) is 8.78 Å². The van der Waals surface area contributed by atoms with Crippen molar-refractivity contribution >= 4 is 28.4 Å². The Morgan fingerprint density at radius 2 is 2.07 bits per heavy atom. The number of hydrogen-bond acceptors (Lipinski definition) is 2. The van der Waals surface area contributed by atoms with Gasteiger partial charge in [0.15, 0.2) is 5.78 Å². The zero-order valence-electron chi connectivity index (χ0n) is 8.18. The van der Waals surface area contributed by atoms with Crippen molar-refractivity contribution in [2.24, 2.45) is 0 Å². The molecule has 0 saturated heterocycles. The van der Waals surface area contributed by atoms with E-state index in [1.165, 1.54) is 19.1 Å². The number of benzene rings is 1. The van der Waals surface area contributed by atoms with Gasteiger partial charge in [0.2, 0.25) is 0 Å². The Morgan fingerprint density at radius 1 is 1.47 bits per heavy atom. The minimum atomic E-state index is -2.87. The molecule has 0 spiro atoms. The first-order valence-electron chi connectivity index (χ1n) is 4.17. The van der Waals surface area contributed by atoms with Gasteiger partial charge in [-0.15, -0.1) is 0 Å². The fourth-order valence-electron chi connectivity index (χ4n) is 1.16. The number of ether oxygens (including phenoxy) is 1. The minimum Gasteiger partial charge on any atom is -0.435 e. The van der Waals surface area contributed by atoms with E-state index in [2.05, 4.69) is 4.74 Å². The van der Waals surface area contributed by atoms with E-state index in [-0.39, 0.29) is 11.5 Å². The Hall–Kier alpha value is -0.720.